The Morgan fingerprint density at radius 3 is 2.39 bits per heavy atom. The summed E-state index contributed by atoms with van der Waals surface area (Å²) in [6.45, 7) is 3.38. The molecule has 0 radical (unpaired) electrons. The van der Waals surface area contributed by atoms with Crippen molar-refractivity contribution in [2.75, 3.05) is 44.2 Å². The lowest BCUT2D eigenvalue weighted by Crippen LogP contribution is -2.55. The number of nitrogens with one attached hydrogen (secondary N) is 1. The topological polar surface area (TPSA) is 140 Å². The Kier molecular flexibility index (Phi) is 5.96. The minimum atomic E-state index is -4.10. The molecule has 3 fully saturated rings. The average Bonchev–Trinajstić information content (AvgIpc) is 3.26. The van der Waals surface area contributed by atoms with Gasteiger partial charge >= 0.3 is 6.03 Å². The fourth-order valence-corrected chi connectivity index (χ4v) is 6.66. The Bertz CT molecular complexity index is 1550. The first-order chi connectivity index (χ1) is 18.2. The van der Waals surface area contributed by atoms with E-state index in [9.17, 15) is 27.3 Å². The molecule has 2 saturated heterocycles. The zero-order chi connectivity index (χ0) is 26.7. The van der Waals surface area contributed by atoms with Crippen LogP contribution in [0.5, 0.6) is 0 Å². The Labute approximate surface area is 220 Å². The molecule has 4 heterocycles. The fraction of sp³-hybridized carbons (Fsp3) is 0.500. The monoisotopic (exact) mass is 563 g/mol. The summed E-state index contributed by atoms with van der Waals surface area (Å²) >= 11 is 0.663. The number of piperazine rings is 1. The number of amides is 2. The number of hydrogen-bond acceptors (Lipinski definition) is 9. The lowest BCUT2D eigenvalue weighted by Gasteiger charge is -2.41. The van der Waals surface area contributed by atoms with Crippen LogP contribution < -0.4 is 9.62 Å². The summed E-state index contributed by atoms with van der Waals surface area (Å²) in [6, 6.07) is 4.96. The van der Waals surface area contributed by atoms with Crippen LogP contribution in [0.1, 0.15) is 30.7 Å². The molecule has 16 heteroatoms. The van der Waals surface area contributed by atoms with Gasteiger partial charge in [-0.25, -0.2) is 26.7 Å². The zero-order valence-corrected chi connectivity index (χ0v) is 21.7. The highest BCUT2D eigenvalue weighted by Crippen LogP contribution is 2.38. The summed E-state index contributed by atoms with van der Waals surface area (Å²) in [6.07, 6.45) is 0.583. The van der Waals surface area contributed by atoms with Crippen molar-refractivity contribution < 1.29 is 22.0 Å². The number of carbonyl (C=O) groups excluding carboxylic acids is 1. The molecule has 1 aliphatic carbocycles. The van der Waals surface area contributed by atoms with Crippen molar-refractivity contribution in [3.8, 4) is 11.2 Å². The van der Waals surface area contributed by atoms with Crippen molar-refractivity contribution in [1.82, 2.24) is 34.5 Å². The third kappa shape index (κ3) is 4.33. The number of rotatable bonds is 6. The second kappa shape index (κ2) is 9.10. The van der Waals surface area contributed by atoms with Gasteiger partial charge in [-0.1, -0.05) is 11.3 Å². The molecule has 1 saturated carbocycles. The summed E-state index contributed by atoms with van der Waals surface area (Å²) in [4.78, 5) is 18.1. The van der Waals surface area contributed by atoms with Crippen LogP contribution in [0.4, 0.5) is 19.3 Å². The first-order valence-electron chi connectivity index (χ1n) is 12.1. The van der Waals surface area contributed by atoms with Gasteiger partial charge in [-0.05, 0) is 31.4 Å². The number of sulfonamides is 1. The van der Waals surface area contributed by atoms with Crippen LogP contribution >= 0.6 is 11.3 Å². The molecule has 2 aromatic heterocycles. The van der Waals surface area contributed by atoms with E-state index in [0.717, 1.165) is 19.5 Å². The molecule has 200 valence electrons. The second-order valence-corrected chi connectivity index (χ2v) is 12.2. The number of urea groups is 1. The number of carbonyl (C=O) groups is 1. The number of halogens is 2. The number of likely N-dealkylation sites (tertiary alicyclic amines) is 1. The van der Waals surface area contributed by atoms with E-state index >= 15 is 0 Å². The predicted octanol–water partition coefficient (Wildman–Crippen LogP) is 2.10. The van der Waals surface area contributed by atoms with Crippen molar-refractivity contribution in [1.29, 1.82) is 5.26 Å². The Hall–Kier alpha value is -3.42. The van der Waals surface area contributed by atoms with Crippen molar-refractivity contribution in [2.45, 2.75) is 36.1 Å². The fourth-order valence-electron chi connectivity index (χ4n) is 4.58. The van der Waals surface area contributed by atoms with E-state index in [4.69, 9.17) is 0 Å². The molecule has 38 heavy (non-hydrogen) atoms. The zero-order valence-electron chi connectivity index (χ0n) is 20.0. The molecule has 0 unspecified atom stereocenters. The van der Waals surface area contributed by atoms with Crippen LogP contribution in [-0.4, -0.2) is 89.0 Å². The summed E-state index contributed by atoms with van der Waals surface area (Å²) < 4.78 is 56.8. The molecular weight excluding hydrogens is 540 g/mol. The van der Waals surface area contributed by atoms with Gasteiger partial charge in [-0.2, -0.15) is 15.1 Å². The van der Waals surface area contributed by atoms with Gasteiger partial charge in [-0.3, -0.25) is 0 Å². The number of aromatic nitrogens is 4. The molecule has 2 amide bonds. The van der Waals surface area contributed by atoms with E-state index in [1.165, 1.54) is 23.0 Å². The van der Waals surface area contributed by atoms with Crippen molar-refractivity contribution in [3.63, 3.8) is 0 Å². The van der Waals surface area contributed by atoms with Gasteiger partial charge in [0.1, 0.15) is 5.54 Å². The lowest BCUT2D eigenvalue weighted by molar-refractivity contribution is 0.124. The van der Waals surface area contributed by atoms with Crippen molar-refractivity contribution in [3.05, 3.63) is 23.3 Å². The maximum absolute atomic E-state index is 13.4. The van der Waals surface area contributed by atoms with Crippen LogP contribution in [0.3, 0.4) is 0 Å². The molecule has 3 aliphatic rings. The molecule has 3 aromatic rings. The summed E-state index contributed by atoms with van der Waals surface area (Å²) in [5, 5.41) is 21.3. The van der Waals surface area contributed by atoms with E-state index < -0.39 is 27.0 Å². The molecule has 1 aromatic carbocycles. The van der Waals surface area contributed by atoms with E-state index in [1.807, 2.05) is 11.0 Å². The summed E-state index contributed by atoms with van der Waals surface area (Å²) in [5.74, 6) is 0. The van der Waals surface area contributed by atoms with Gasteiger partial charge in [0.2, 0.25) is 15.2 Å². The molecule has 6 rings (SSSR count). The molecular formula is C22H23F2N9O3S2. The van der Waals surface area contributed by atoms with E-state index in [1.54, 1.807) is 9.80 Å². The smallest absolute Gasteiger partial charge is 0.320 e. The Balaban J connectivity index is 1.38. The van der Waals surface area contributed by atoms with Crippen molar-refractivity contribution >= 4 is 44.0 Å². The quantitative estimate of drug-likeness (QED) is 0.481. The standard InChI is InChI=1S/C22H23F2N9O3S2/c23-18(24)19-27-28-20(37-19)33-17-11-14(38(35,36)29-22(13-25)2-3-22)10-16(15(17)12-26-33)30-6-8-32(9-7-30)21(34)31-4-1-5-31/h10-12,18,29H,1-9H2. The number of hydrogen-bond donors (Lipinski definition) is 1. The van der Waals surface area contributed by atoms with Gasteiger partial charge in [0.15, 0.2) is 5.01 Å². The normalized spacial score (nSPS) is 19.1. The minimum absolute atomic E-state index is 0.00624. The number of fused-ring (bicyclic) bond motifs is 1. The highest BCUT2D eigenvalue weighted by atomic mass is 32.2. The number of anilines is 1. The molecule has 0 bridgehead atoms. The third-order valence-electron chi connectivity index (χ3n) is 7.06. The number of nitrogens with zero attached hydrogens (tertiary/aromatic N) is 8. The summed E-state index contributed by atoms with van der Waals surface area (Å²) in [5.41, 5.74) is -0.200. The Morgan fingerprint density at radius 1 is 1.11 bits per heavy atom. The molecule has 0 spiro atoms. The summed E-state index contributed by atoms with van der Waals surface area (Å²) in [7, 11) is -4.10. The van der Waals surface area contributed by atoms with Gasteiger partial charge in [-0.15, -0.1) is 10.2 Å². The van der Waals surface area contributed by atoms with E-state index in [-0.39, 0.29) is 16.1 Å². The molecule has 12 nitrogen and oxygen atoms in total. The Morgan fingerprint density at radius 2 is 1.82 bits per heavy atom. The molecule has 2 aliphatic heterocycles. The van der Waals surface area contributed by atoms with Crippen LogP contribution in [0.2, 0.25) is 0 Å². The van der Waals surface area contributed by atoms with Crippen LogP contribution in [0.25, 0.3) is 16.0 Å². The van der Waals surface area contributed by atoms with E-state index in [2.05, 4.69) is 20.0 Å². The molecule has 0 atom stereocenters. The van der Waals surface area contributed by atoms with Gasteiger partial charge in [0.25, 0.3) is 6.43 Å². The second-order valence-electron chi connectivity index (χ2n) is 9.55. The minimum Gasteiger partial charge on any atom is -0.367 e. The number of nitriles is 1. The first kappa shape index (κ1) is 24.9. The van der Waals surface area contributed by atoms with Gasteiger partial charge < -0.3 is 14.7 Å². The van der Waals surface area contributed by atoms with E-state index in [0.29, 0.717) is 66.9 Å². The highest BCUT2D eigenvalue weighted by Gasteiger charge is 2.47. The predicted molar refractivity (Wildman–Crippen MR) is 133 cm³/mol. The maximum atomic E-state index is 13.4. The molecule has 1 N–H and O–H groups in total. The largest absolute Gasteiger partial charge is 0.367 e. The van der Waals surface area contributed by atoms with Crippen LogP contribution in [0.15, 0.2) is 23.2 Å². The van der Waals surface area contributed by atoms with Gasteiger partial charge in [0.05, 0.1) is 22.7 Å². The SMILES string of the molecule is N#CC1(NS(=O)(=O)c2cc(N3CCN(C(=O)N4CCC4)CC3)c3cnn(-c4nnc(C(F)F)s4)c3c2)CC1. The lowest BCUT2D eigenvalue weighted by atomic mass is 10.1. The van der Waals surface area contributed by atoms with Crippen LogP contribution in [0, 0.1) is 11.3 Å². The van der Waals surface area contributed by atoms with Crippen LogP contribution in [-0.2, 0) is 10.0 Å². The first-order valence-corrected chi connectivity index (χ1v) is 14.4. The highest BCUT2D eigenvalue weighted by molar-refractivity contribution is 7.89. The number of benzene rings is 1. The maximum Gasteiger partial charge on any atom is 0.320 e. The van der Waals surface area contributed by atoms with Gasteiger partial charge in [0, 0.05) is 50.3 Å². The number of alkyl halides is 2. The average molecular weight is 564 g/mol. The third-order valence-corrected chi connectivity index (χ3v) is 9.48. The van der Waals surface area contributed by atoms with Crippen molar-refractivity contribution in [2.24, 2.45) is 0 Å².